The van der Waals surface area contributed by atoms with Gasteiger partial charge in [0.05, 0.1) is 6.07 Å². The summed E-state index contributed by atoms with van der Waals surface area (Å²) in [5, 5.41) is 18.7. The smallest absolute Gasteiger partial charge is 0.108 e. The Labute approximate surface area is 121 Å². The molecule has 104 valence electrons. The van der Waals surface area contributed by atoms with E-state index in [1.165, 1.54) is 6.08 Å². The molecule has 2 heteroatoms. The van der Waals surface area contributed by atoms with Crippen molar-refractivity contribution in [1.29, 1.82) is 5.26 Å². The number of hydrogen-bond donors (Lipinski definition) is 1. The molecule has 0 fully saturated rings. The van der Waals surface area contributed by atoms with Gasteiger partial charge in [-0.25, -0.2) is 0 Å². The fourth-order valence-electron chi connectivity index (χ4n) is 2.38. The Kier molecular flexibility index (Phi) is 4.94. The molecule has 0 amide bonds. The van der Waals surface area contributed by atoms with E-state index in [4.69, 9.17) is 0 Å². The standard InChI is InChI=1S/C18H21NO/c1-13(12-19)16(11-14(2)20)17(18(3,4)5)15-9-7-6-8-10-15/h6-11,17,20H,1-2H2,3-5H3/b16-11+. The molecule has 1 N–H and O–H groups in total. The van der Waals surface area contributed by atoms with Crippen LogP contribution in [0.2, 0.25) is 0 Å². The number of nitriles is 1. The SMILES string of the molecule is C=C(O)/C=C(\C(=C)C#N)C(c1ccccc1)C(C)(C)C. The maximum atomic E-state index is 9.51. The summed E-state index contributed by atoms with van der Waals surface area (Å²) in [6.07, 6.45) is 1.54. The summed E-state index contributed by atoms with van der Waals surface area (Å²) in [7, 11) is 0. The van der Waals surface area contributed by atoms with Crippen LogP contribution in [0.1, 0.15) is 32.3 Å². The number of allylic oxidation sites excluding steroid dienone is 3. The van der Waals surface area contributed by atoms with Crippen LogP contribution >= 0.6 is 0 Å². The molecule has 1 unspecified atom stereocenters. The maximum absolute atomic E-state index is 9.51. The van der Waals surface area contributed by atoms with Crippen molar-refractivity contribution < 1.29 is 5.11 Å². The van der Waals surface area contributed by atoms with Gasteiger partial charge in [0, 0.05) is 11.5 Å². The third-order valence-electron chi connectivity index (χ3n) is 3.12. The van der Waals surface area contributed by atoms with Crippen molar-refractivity contribution in [1.82, 2.24) is 0 Å². The van der Waals surface area contributed by atoms with Crippen molar-refractivity contribution in [3.05, 3.63) is 72.0 Å². The minimum Gasteiger partial charge on any atom is -0.509 e. The van der Waals surface area contributed by atoms with Crippen LogP contribution in [0.4, 0.5) is 0 Å². The van der Waals surface area contributed by atoms with Crippen molar-refractivity contribution in [2.45, 2.75) is 26.7 Å². The second-order valence-corrected chi connectivity index (χ2v) is 5.89. The summed E-state index contributed by atoms with van der Waals surface area (Å²) < 4.78 is 0. The van der Waals surface area contributed by atoms with E-state index in [0.29, 0.717) is 11.1 Å². The first-order valence-electron chi connectivity index (χ1n) is 6.51. The molecule has 2 nitrogen and oxygen atoms in total. The average Bonchev–Trinajstić information content (AvgIpc) is 2.36. The summed E-state index contributed by atoms with van der Waals surface area (Å²) in [5.74, 6) is -0.110. The number of aliphatic hydroxyl groups is 1. The van der Waals surface area contributed by atoms with Gasteiger partial charge < -0.3 is 5.11 Å². The molecule has 1 rings (SSSR count). The third kappa shape index (κ3) is 3.86. The number of rotatable bonds is 4. The lowest BCUT2D eigenvalue weighted by atomic mass is 9.70. The molecule has 1 aromatic rings. The molecule has 1 aromatic carbocycles. The van der Waals surface area contributed by atoms with E-state index in [9.17, 15) is 10.4 Å². The third-order valence-corrected chi connectivity index (χ3v) is 3.12. The van der Waals surface area contributed by atoms with Crippen molar-refractivity contribution in [3.63, 3.8) is 0 Å². The summed E-state index contributed by atoms with van der Waals surface area (Å²) in [6.45, 7) is 13.6. The minimum atomic E-state index is -0.123. The predicted octanol–water partition coefficient (Wildman–Crippen LogP) is 4.89. The molecule has 0 saturated heterocycles. The van der Waals surface area contributed by atoms with Gasteiger partial charge in [0.15, 0.2) is 0 Å². The average molecular weight is 267 g/mol. The number of benzene rings is 1. The van der Waals surface area contributed by atoms with E-state index in [1.807, 2.05) is 30.3 Å². The first-order chi connectivity index (χ1) is 9.27. The number of nitrogens with zero attached hydrogens (tertiary/aromatic N) is 1. The highest BCUT2D eigenvalue weighted by molar-refractivity contribution is 5.49. The Bertz CT molecular complexity index is 568. The van der Waals surface area contributed by atoms with Crippen LogP contribution in [0.15, 0.2) is 66.5 Å². The highest BCUT2D eigenvalue weighted by Gasteiger charge is 2.30. The van der Waals surface area contributed by atoms with Gasteiger partial charge >= 0.3 is 0 Å². The Morgan fingerprint density at radius 2 is 1.80 bits per heavy atom. The van der Waals surface area contributed by atoms with E-state index in [0.717, 1.165) is 5.56 Å². The maximum Gasteiger partial charge on any atom is 0.108 e. The van der Waals surface area contributed by atoms with E-state index < -0.39 is 0 Å². The first-order valence-corrected chi connectivity index (χ1v) is 6.51. The van der Waals surface area contributed by atoms with Crippen molar-refractivity contribution in [2.24, 2.45) is 5.41 Å². The molecular formula is C18H21NO. The molecule has 0 heterocycles. The van der Waals surface area contributed by atoms with Crippen molar-refractivity contribution >= 4 is 0 Å². The summed E-state index contributed by atoms with van der Waals surface area (Å²) in [4.78, 5) is 0. The van der Waals surface area contributed by atoms with Crippen LogP contribution in [-0.4, -0.2) is 5.11 Å². The van der Waals surface area contributed by atoms with Gasteiger partial charge in [-0.05, 0) is 22.6 Å². The molecule has 0 aliphatic rings. The van der Waals surface area contributed by atoms with Crippen LogP contribution < -0.4 is 0 Å². The summed E-state index contributed by atoms with van der Waals surface area (Å²) in [5.41, 5.74) is 2.02. The van der Waals surface area contributed by atoms with Gasteiger partial charge in [0.25, 0.3) is 0 Å². The fourth-order valence-corrected chi connectivity index (χ4v) is 2.38. The lowest BCUT2D eigenvalue weighted by Crippen LogP contribution is -2.21. The van der Waals surface area contributed by atoms with Gasteiger partial charge in [0.1, 0.15) is 5.76 Å². The molecule has 0 bridgehead atoms. The van der Waals surface area contributed by atoms with E-state index in [1.54, 1.807) is 0 Å². The topological polar surface area (TPSA) is 44.0 Å². The van der Waals surface area contributed by atoms with E-state index in [2.05, 4.69) is 40.0 Å². The van der Waals surface area contributed by atoms with E-state index >= 15 is 0 Å². The van der Waals surface area contributed by atoms with Crippen LogP contribution in [-0.2, 0) is 0 Å². The molecule has 0 aliphatic carbocycles. The molecule has 0 saturated carbocycles. The largest absolute Gasteiger partial charge is 0.509 e. The number of aliphatic hydroxyl groups excluding tert-OH is 1. The second-order valence-electron chi connectivity index (χ2n) is 5.89. The van der Waals surface area contributed by atoms with Crippen molar-refractivity contribution in [2.75, 3.05) is 0 Å². The monoisotopic (exact) mass is 267 g/mol. The Morgan fingerprint density at radius 3 is 2.20 bits per heavy atom. The van der Waals surface area contributed by atoms with Gasteiger partial charge in [-0.3, -0.25) is 0 Å². The molecule has 0 radical (unpaired) electrons. The molecule has 0 aliphatic heterocycles. The molecule has 0 spiro atoms. The highest BCUT2D eigenvalue weighted by atomic mass is 16.3. The van der Waals surface area contributed by atoms with Crippen molar-refractivity contribution in [3.8, 4) is 6.07 Å². The zero-order valence-electron chi connectivity index (χ0n) is 12.4. The van der Waals surface area contributed by atoms with Gasteiger partial charge in [-0.2, -0.15) is 5.26 Å². The normalized spacial score (nSPS) is 13.4. The minimum absolute atomic E-state index is 0.0419. The van der Waals surface area contributed by atoms with Crippen LogP contribution in [0.5, 0.6) is 0 Å². The lowest BCUT2D eigenvalue weighted by molar-refractivity contribution is 0.355. The fraction of sp³-hybridized carbons (Fsp3) is 0.278. The number of hydrogen-bond acceptors (Lipinski definition) is 2. The van der Waals surface area contributed by atoms with Crippen LogP contribution in [0, 0.1) is 16.7 Å². The summed E-state index contributed by atoms with van der Waals surface area (Å²) in [6, 6.07) is 12.0. The molecule has 1 atom stereocenters. The van der Waals surface area contributed by atoms with Crippen LogP contribution in [0.25, 0.3) is 0 Å². The predicted molar refractivity (Wildman–Crippen MR) is 83.2 cm³/mol. The molecule has 0 aromatic heterocycles. The second kappa shape index (κ2) is 6.25. The zero-order chi connectivity index (χ0) is 15.3. The Hall–Kier alpha value is -2.27. The molecule has 20 heavy (non-hydrogen) atoms. The zero-order valence-corrected chi connectivity index (χ0v) is 12.4. The summed E-state index contributed by atoms with van der Waals surface area (Å²) >= 11 is 0. The van der Waals surface area contributed by atoms with E-state index in [-0.39, 0.29) is 17.1 Å². The van der Waals surface area contributed by atoms with Gasteiger partial charge in [-0.1, -0.05) is 64.3 Å². The van der Waals surface area contributed by atoms with Gasteiger partial charge in [-0.15, -0.1) is 0 Å². The quantitative estimate of drug-likeness (QED) is 0.479. The Morgan fingerprint density at radius 1 is 1.25 bits per heavy atom. The highest BCUT2D eigenvalue weighted by Crippen LogP contribution is 2.43. The first kappa shape index (κ1) is 15.8. The van der Waals surface area contributed by atoms with Gasteiger partial charge in [0.2, 0.25) is 0 Å². The Balaban J connectivity index is 3.47. The molecular weight excluding hydrogens is 246 g/mol. The van der Waals surface area contributed by atoms with Crippen LogP contribution in [0.3, 0.4) is 0 Å². The lowest BCUT2D eigenvalue weighted by Gasteiger charge is -2.33.